The largest absolute Gasteiger partial charge is 0.472 e. The summed E-state index contributed by atoms with van der Waals surface area (Å²) in [5.41, 5.74) is 4.36. The molecule has 0 fully saturated rings. The van der Waals surface area contributed by atoms with Gasteiger partial charge >= 0.3 is 0 Å². The van der Waals surface area contributed by atoms with Crippen molar-refractivity contribution in [1.29, 1.82) is 0 Å². The zero-order valence-electron chi connectivity index (χ0n) is 13.7. The normalized spacial score (nSPS) is 10.4. The molecule has 0 bridgehead atoms. The van der Waals surface area contributed by atoms with Gasteiger partial charge in [0.25, 0.3) is 5.91 Å². The predicted molar refractivity (Wildman–Crippen MR) is 93.9 cm³/mol. The van der Waals surface area contributed by atoms with E-state index < -0.39 is 0 Å². The summed E-state index contributed by atoms with van der Waals surface area (Å²) in [6.45, 7) is 0.434. The molecule has 3 aromatic rings. The number of aromatic nitrogens is 1. The van der Waals surface area contributed by atoms with Crippen molar-refractivity contribution in [3.8, 4) is 11.3 Å². The molecule has 0 spiro atoms. The highest BCUT2D eigenvalue weighted by Gasteiger charge is 2.07. The molecule has 0 aliphatic rings. The number of rotatable bonds is 5. The van der Waals surface area contributed by atoms with Crippen LogP contribution in [0.5, 0.6) is 0 Å². The third-order valence-corrected chi connectivity index (χ3v) is 3.72. The van der Waals surface area contributed by atoms with Gasteiger partial charge in [-0.25, -0.2) is 0 Å². The van der Waals surface area contributed by atoms with E-state index in [1.807, 2.05) is 61.5 Å². The maximum absolute atomic E-state index is 12.3. The van der Waals surface area contributed by atoms with Crippen LogP contribution in [0.15, 0.2) is 65.6 Å². The highest BCUT2D eigenvalue weighted by Crippen LogP contribution is 2.17. The van der Waals surface area contributed by atoms with Gasteiger partial charge in [0.1, 0.15) is 0 Å². The SMILES string of the molecule is CN(C)c1cccc(C(=O)NCc2ccc(-c3ccoc3)nc2)c1. The van der Waals surface area contributed by atoms with E-state index in [0.717, 1.165) is 22.5 Å². The molecule has 0 saturated carbocycles. The maximum Gasteiger partial charge on any atom is 0.251 e. The van der Waals surface area contributed by atoms with Gasteiger partial charge in [0.2, 0.25) is 0 Å². The van der Waals surface area contributed by atoms with E-state index in [4.69, 9.17) is 4.42 Å². The molecule has 1 amide bonds. The Balaban J connectivity index is 1.63. The molecule has 0 unspecified atom stereocenters. The minimum absolute atomic E-state index is 0.0994. The van der Waals surface area contributed by atoms with Gasteiger partial charge in [-0.2, -0.15) is 0 Å². The van der Waals surface area contributed by atoms with Crippen molar-refractivity contribution in [3.63, 3.8) is 0 Å². The average molecular weight is 321 g/mol. The van der Waals surface area contributed by atoms with Crippen LogP contribution in [0.3, 0.4) is 0 Å². The second kappa shape index (κ2) is 7.00. The minimum Gasteiger partial charge on any atom is -0.472 e. The Morgan fingerprint density at radius 1 is 1.21 bits per heavy atom. The lowest BCUT2D eigenvalue weighted by Crippen LogP contribution is -2.23. The van der Waals surface area contributed by atoms with Crippen LogP contribution in [0.4, 0.5) is 5.69 Å². The molecule has 5 nitrogen and oxygen atoms in total. The van der Waals surface area contributed by atoms with Crippen LogP contribution in [-0.4, -0.2) is 25.0 Å². The highest BCUT2D eigenvalue weighted by atomic mass is 16.3. The van der Waals surface area contributed by atoms with Gasteiger partial charge in [-0.05, 0) is 35.9 Å². The molecule has 0 radical (unpaired) electrons. The van der Waals surface area contributed by atoms with Crippen LogP contribution in [-0.2, 0) is 6.54 Å². The zero-order valence-corrected chi connectivity index (χ0v) is 13.7. The van der Waals surface area contributed by atoms with Crippen molar-refractivity contribution in [2.45, 2.75) is 6.54 Å². The molecule has 3 rings (SSSR count). The molecule has 2 aromatic heterocycles. The van der Waals surface area contributed by atoms with Gasteiger partial charge in [0.15, 0.2) is 0 Å². The van der Waals surface area contributed by atoms with Crippen molar-refractivity contribution >= 4 is 11.6 Å². The minimum atomic E-state index is -0.0994. The fourth-order valence-electron chi connectivity index (χ4n) is 2.32. The Hall–Kier alpha value is -3.08. The molecule has 122 valence electrons. The van der Waals surface area contributed by atoms with Crippen molar-refractivity contribution in [2.75, 3.05) is 19.0 Å². The van der Waals surface area contributed by atoms with Crippen LogP contribution in [0.25, 0.3) is 11.3 Å². The number of nitrogens with one attached hydrogen (secondary N) is 1. The number of hydrogen-bond acceptors (Lipinski definition) is 4. The molecular weight excluding hydrogens is 302 g/mol. The summed E-state index contributed by atoms with van der Waals surface area (Å²) >= 11 is 0. The lowest BCUT2D eigenvalue weighted by molar-refractivity contribution is 0.0951. The number of hydrogen-bond donors (Lipinski definition) is 1. The first-order chi connectivity index (χ1) is 11.6. The van der Waals surface area contributed by atoms with Crippen LogP contribution in [0.1, 0.15) is 15.9 Å². The van der Waals surface area contributed by atoms with Crippen molar-refractivity contribution in [2.24, 2.45) is 0 Å². The molecule has 24 heavy (non-hydrogen) atoms. The lowest BCUT2D eigenvalue weighted by atomic mass is 10.1. The Morgan fingerprint density at radius 3 is 2.75 bits per heavy atom. The zero-order chi connectivity index (χ0) is 16.9. The molecule has 2 heterocycles. The molecule has 1 N–H and O–H groups in total. The highest BCUT2D eigenvalue weighted by molar-refractivity contribution is 5.95. The average Bonchev–Trinajstić information content (AvgIpc) is 3.15. The smallest absolute Gasteiger partial charge is 0.251 e. The second-order valence-corrected chi connectivity index (χ2v) is 5.69. The summed E-state index contributed by atoms with van der Waals surface area (Å²) < 4.78 is 5.05. The summed E-state index contributed by atoms with van der Waals surface area (Å²) in [5.74, 6) is -0.0994. The molecule has 5 heteroatoms. The van der Waals surface area contributed by atoms with Gasteiger partial charge in [-0.1, -0.05) is 12.1 Å². The van der Waals surface area contributed by atoms with Crippen LogP contribution in [0.2, 0.25) is 0 Å². The van der Waals surface area contributed by atoms with E-state index in [1.165, 1.54) is 0 Å². The number of amides is 1. The van der Waals surface area contributed by atoms with Crippen molar-refractivity contribution in [1.82, 2.24) is 10.3 Å². The monoisotopic (exact) mass is 321 g/mol. The summed E-state index contributed by atoms with van der Waals surface area (Å²) in [4.78, 5) is 18.6. The number of pyridine rings is 1. The molecule has 1 aromatic carbocycles. The number of nitrogens with zero attached hydrogens (tertiary/aromatic N) is 2. The molecule has 0 aliphatic carbocycles. The molecule has 0 aliphatic heterocycles. The Kier molecular flexibility index (Phi) is 4.61. The van der Waals surface area contributed by atoms with E-state index >= 15 is 0 Å². The summed E-state index contributed by atoms with van der Waals surface area (Å²) in [7, 11) is 3.90. The Labute approximate surface area is 140 Å². The van der Waals surface area contributed by atoms with Crippen molar-refractivity contribution in [3.05, 3.63) is 72.3 Å². The fourth-order valence-corrected chi connectivity index (χ4v) is 2.32. The van der Waals surface area contributed by atoms with Gasteiger partial charge in [0, 0.05) is 43.7 Å². The van der Waals surface area contributed by atoms with E-state index in [0.29, 0.717) is 12.1 Å². The van der Waals surface area contributed by atoms with Crippen molar-refractivity contribution < 1.29 is 9.21 Å². The van der Waals surface area contributed by atoms with Crippen LogP contribution < -0.4 is 10.2 Å². The molecular formula is C19H19N3O2. The van der Waals surface area contributed by atoms with E-state index in [-0.39, 0.29) is 5.91 Å². The lowest BCUT2D eigenvalue weighted by Gasteiger charge is -2.13. The fraction of sp³-hybridized carbons (Fsp3) is 0.158. The van der Waals surface area contributed by atoms with Gasteiger partial charge in [-0.15, -0.1) is 0 Å². The third kappa shape index (κ3) is 3.63. The maximum atomic E-state index is 12.3. The Morgan fingerprint density at radius 2 is 2.08 bits per heavy atom. The molecule has 0 atom stereocenters. The summed E-state index contributed by atoms with van der Waals surface area (Å²) in [5, 5.41) is 2.92. The number of furan rings is 1. The summed E-state index contributed by atoms with van der Waals surface area (Å²) in [6, 6.07) is 13.3. The van der Waals surface area contributed by atoms with Crippen LogP contribution in [0, 0.1) is 0 Å². The van der Waals surface area contributed by atoms with E-state index in [1.54, 1.807) is 18.7 Å². The third-order valence-electron chi connectivity index (χ3n) is 3.72. The predicted octanol–water partition coefficient (Wildman–Crippen LogP) is 3.34. The van der Waals surface area contributed by atoms with Gasteiger partial charge in [0.05, 0.1) is 18.2 Å². The standard InChI is InChI=1S/C19H19N3O2/c1-22(2)17-5-3-4-15(10-17)19(23)21-12-14-6-7-18(20-11-14)16-8-9-24-13-16/h3-11,13H,12H2,1-2H3,(H,21,23). The second-order valence-electron chi connectivity index (χ2n) is 5.69. The first kappa shape index (κ1) is 15.8. The quantitative estimate of drug-likeness (QED) is 0.783. The van der Waals surface area contributed by atoms with Crippen LogP contribution >= 0.6 is 0 Å². The number of benzene rings is 1. The molecule has 0 saturated heterocycles. The Bertz CT molecular complexity index is 809. The van der Waals surface area contributed by atoms with E-state index in [9.17, 15) is 4.79 Å². The number of carbonyl (C=O) groups is 1. The topological polar surface area (TPSA) is 58.4 Å². The first-order valence-electron chi connectivity index (χ1n) is 7.66. The summed E-state index contributed by atoms with van der Waals surface area (Å²) in [6.07, 6.45) is 5.04. The van der Waals surface area contributed by atoms with E-state index in [2.05, 4.69) is 10.3 Å². The first-order valence-corrected chi connectivity index (χ1v) is 7.66. The van der Waals surface area contributed by atoms with Gasteiger partial charge in [-0.3, -0.25) is 9.78 Å². The number of carbonyl (C=O) groups excluding carboxylic acids is 1. The van der Waals surface area contributed by atoms with Gasteiger partial charge < -0.3 is 14.6 Å². The number of anilines is 1.